The summed E-state index contributed by atoms with van der Waals surface area (Å²) in [6.45, 7) is 4.24. The van der Waals surface area contributed by atoms with Crippen LogP contribution in [0.2, 0.25) is 5.02 Å². The van der Waals surface area contributed by atoms with Gasteiger partial charge in [-0.15, -0.1) is 0 Å². The van der Waals surface area contributed by atoms with Crippen LogP contribution in [0.3, 0.4) is 0 Å². The van der Waals surface area contributed by atoms with Gasteiger partial charge in [0, 0.05) is 36.3 Å². The van der Waals surface area contributed by atoms with E-state index in [2.05, 4.69) is 15.0 Å². The van der Waals surface area contributed by atoms with Crippen molar-refractivity contribution in [1.29, 1.82) is 0 Å². The molecular formula is C29H28ClN3O4S. The van der Waals surface area contributed by atoms with E-state index in [4.69, 9.17) is 26.0 Å². The molecule has 1 N–H and O–H groups in total. The smallest absolute Gasteiger partial charge is 0.335 e. The molecule has 0 amide bonds. The van der Waals surface area contributed by atoms with Crippen LogP contribution in [0.4, 0.5) is 5.13 Å². The van der Waals surface area contributed by atoms with Gasteiger partial charge >= 0.3 is 5.97 Å². The summed E-state index contributed by atoms with van der Waals surface area (Å²) in [7, 11) is 0. The molecule has 9 heteroatoms. The summed E-state index contributed by atoms with van der Waals surface area (Å²) in [6, 6.07) is 12.8. The number of benzene rings is 2. The van der Waals surface area contributed by atoms with Gasteiger partial charge in [-0.25, -0.2) is 9.78 Å². The van der Waals surface area contributed by atoms with Gasteiger partial charge in [-0.2, -0.15) is 0 Å². The maximum absolute atomic E-state index is 11.1. The zero-order valence-electron chi connectivity index (χ0n) is 21.0. The molecule has 1 saturated carbocycles. The fourth-order valence-electron chi connectivity index (χ4n) is 4.99. The molecule has 2 aromatic carbocycles. The van der Waals surface area contributed by atoms with Crippen LogP contribution in [-0.2, 0) is 11.3 Å². The Labute approximate surface area is 230 Å². The summed E-state index contributed by atoms with van der Waals surface area (Å²) < 4.78 is 12.3. The number of nitrogens with zero attached hydrogens (tertiary/aromatic N) is 3. The molecule has 0 unspecified atom stereocenters. The van der Waals surface area contributed by atoms with Crippen LogP contribution < -0.4 is 4.90 Å². The van der Waals surface area contributed by atoms with Crippen molar-refractivity contribution in [1.82, 2.24) is 10.1 Å². The third-order valence-corrected chi connectivity index (χ3v) is 8.73. The van der Waals surface area contributed by atoms with E-state index >= 15 is 0 Å². The first-order valence-electron chi connectivity index (χ1n) is 12.9. The number of anilines is 1. The van der Waals surface area contributed by atoms with Gasteiger partial charge in [-0.1, -0.05) is 52.4 Å². The molecule has 7 nitrogen and oxygen atoms in total. The van der Waals surface area contributed by atoms with Crippen molar-refractivity contribution in [3.05, 3.63) is 76.1 Å². The zero-order chi connectivity index (χ0) is 26.2. The lowest BCUT2D eigenvalue weighted by molar-refractivity contribution is 0.0246. The van der Waals surface area contributed by atoms with Crippen LogP contribution >= 0.6 is 22.9 Å². The van der Waals surface area contributed by atoms with E-state index in [-0.39, 0.29) is 11.7 Å². The maximum atomic E-state index is 11.1. The summed E-state index contributed by atoms with van der Waals surface area (Å²) in [6.07, 6.45) is 6.08. The standard InChI is InChI=1S/C29H28ClN3O4S/c1-17-3-2-4-23(30)25(17)26-22(27(37-32-26)19-7-8-19)16-36-21-11-13-33(14-12-21)29-31-15-24(38-29)18-5-9-20(10-6-18)28(34)35/h2-6,9-10,15,19,21H,7-8,11-14,16H2,1H3,(H,34,35). The Hall–Kier alpha value is -3.20. The third-order valence-electron chi connectivity index (χ3n) is 7.31. The van der Waals surface area contributed by atoms with Crippen molar-refractivity contribution in [2.45, 2.75) is 51.2 Å². The molecule has 0 spiro atoms. The average Bonchev–Trinajstić information content (AvgIpc) is 3.49. The number of hydrogen-bond donors (Lipinski definition) is 1. The highest BCUT2D eigenvalue weighted by atomic mass is 35.5. The number of carboxylic acid groups (broad SMARTS) is 1. The van der Waals surface area contributed by atoms with Crippen molar-refractivity contribution < 1.29 is 19.2 Å². The number of carbonyl (C=O) groups is 1. The summed E-state index contributed by atoms with van der Waals surface area (Å²) in [4.78, 5) is 19.1. The molecule has 38 heavy (non-hydrogen) atoms. The van der Waals surface area contributed by atoms with Crippen molar-refractivity contribution in [3.8, 4) is 21.7 Å². The Bertz CT molecular complexity index is 1430. The van der Waals surface area contributed by atoms with Crippen LogP contribution in [0, 0.1) is 6.92 Å². The largest absolute Gasteiger partial charge is 0.478 e. The molecule has 196 valence electrons. The number of hydrogen-bond acceptors (Lipinski definition) is 7. The van der Waals surface area contributed by atoms with Crippen molar-refractivity contribution in [2.24, 2.45) is 0 Å². The Kier molecular flexibility index (Phi) is 6.95. The minimum absolute atomic E-state index is 0.149. The highest BCUT2D eigenvalue weighted by Crippen LogP contribution is 2.45. The van der Waals surface area contributed by atoms with Gasteiger partial charge < -0.3 is 19.3 Å². The molecule has 6 rings (SSSR count). The first-order valence-corrected chi connectivity index (χ1v) is 14.1. The van der Waals surface area contributed by atoms with E-state index < -0.39 is 5.97 Å². The van der Waals surface area contributed by atoms with E-state index in [1.807, 2.05) is 43.5 Å². The highest BCUT2D eigenvalue weighted by molar-refractivity contribution is 7.18. The average molecular weight is 550 g/mol. The molecular weight excluding hydrogens is 522 g/mol. The first-order chi connectivity index (χ1) is 18.5. The lowest BCUT2D eigenvalue weighted by Gasteiger charge is -2.31. The first kappa shape index (κ1) is 25.1. The number of aromatic carboxylic acids is 1. The van der Waals surface area contributed by atoms with Crippen LogP contribution in [-0.4, -0.2) is 40.4 Å². The number of thiazole rings is 1. The Morgan fingerprint density at radius 1 is 1.16 bits per heavy atom. The van der Waals surface area contributed by atoms with Gasteiger partial charge in [0.25, 0.3) is 0 Å². The topological polar surface area (TPSA) is 88.7 Å². The summed E-state index contributed by atoms with van der Waals surface area (Å²) >= 11 is 8.19. The Balaban J connectivity index is 1.10. The van der Waals surface area contributed by atoms with Gasteiger partial charge in [-0.05, 0) is 61.9 Å². The molecule has 0 bridgehead atoms. The van der Waals surface area contributed by atoms with Crippen molar-refractivity contribution in [2.75, 3.05) is 18.0 Å². The summed E-state index contributed by atoms with van der Waals surface area (Å²) in [5, 5.41) is 15.2. The molecule has 2 fully saturated rings. The van der Waals surface area contributed by atoms with E-state index in [0.717, 1.165) is 82.5 Å². The number of aromatic nitrogens is 2. The molecule has 3 heterocycles. The van der Waals surface area contributed by atoms with Crippen molar-refractivity contribution in [3.63, 3.8) is 0 Å². The Morgan fingerprint density at radius 2 is 1.92 bits per heavy atom. The monoisotopic (exact) mass is 549 g/mol. The molecule has 2 aliphatic rings. The van der Waals surface area contributed by atoms with Gasteiger partial charge in [-0.3, -0.25) is 0 Å². The predicted molar refractivity (Wildman–Crippen MR) is 148 cm³/mol. The predicted octanol–water partition coefficient (Wildman–Crippen LogP) is 7.19. The number of carboxylic acids is 1. The second kappa shape index (κ2) is 10.5. The van der Waals surface area contributed by atoms with Crippen LogP contribution in [0.5, 0.6) is 0 Å². The fraction of sp³-hybridized carbons (Fsp3) is 0.345. The normalized spacial score (nSPS) is 16.2. The van der Waals surface area contributed by atoms with Crippen LogP contribution in [0.1, 0.15) is 58.8 Å². The molecule has 0 atom stereocenters. The molecule has 1 aliphatic heterocycles. The van der Waals surface area contributed by atoms with Gasteiger partial charge in [0.2, 0.25) is 0 Å². The highest BCUT2D eigenvalue weighted by Gasteiger charge is 2.34. The van der Waals surface area contributed by atoms with Crippen molar-refractivity contribution >= 4 is 34.0 Å². The minimum Gasteiger partial charge on any atom is -0.478 e. The minimum atomic E-state index is -0.922. The molecule has 0 radical (unpaired) electrons. The second-order valence-corrected chi connectivity index (χ2v) is 11.4. The molecule has 2 aromatic heterocycles. The second-order valence-electron chi connectivity index (χ2n) is 9.97. The quantitative estimate of drug-likeness (QED) is 0.249. The molecule has 1 aliphatic carbocycles. The third kappa shape index (κ3) is 5.08. The van der Waals surface area contributed by atoms with Crippen LogP contribution in [0.15, 0.2) is 53.2 Å². The van der Waals surface area contributed by atoms with Crippen LogP contribution in [0.25, 0.3) is 21.7 Å². The number of piperidine rings is 1. The van der Waals surface area contributed by atoms with Gasteiger partial charge in [0.1, 0.15) is 11.5 Å². The zero-order valence-corrected chi connectivity index (χ0v) is 22.6. The summed E-state index contributed by atoms with van der Waals surface area (Å²) in [5.41, 5.74) is 5.09. The summed E-state index contributed by atoms with van der Waals surface area (Å²) in [5.74, 6) is 0.456. The lowest BCUT2D eigenvalue weighted by Crippen LogP contribution is -2.36. The lowest BCUT2D eigenvalue weighted by atomic mass is 10.0. The van der Waals surface area contributed by atoms with E-state index in [9.17, 15) is 4.79 Å². The maximum Gasteiger partial charge on any atom is 0.335 e. The SMILES string of the molecule is Cc1cccc(Cl)c1-c1noc(C2CC2)c1COC1CCN(c2ncc(-c3ccc(C(=O)O)cc3)s2)CC1. The van der Waals surface area contributed by atoms with E-state index in [1.54, 1.807) is 23.5 Å². The molecule has 4 aromatic rings. The Morgan fingerprint density at radius 3 is 2.61 bits per heavy atom. The van der Waals surface area contributed by atoms with E-state index in [0.29, 0.717) is 17.5 Å². The van der Waals surface area contributed by atoms with Gasteiger partial charge in [0.05, 0.1) is 28.2 Å². The number of halogens is 1. The number of aryl methyl sites for hydroxylation is 1. The number of rotatable bonds is 8. The fourth-order valence-corrected chi connectivity index (χ4v) is 6.28. The molecule has 1 saturated heterocycles. The van der Waals surface area contributed by atoms with Gasteiger partial charge in [0.15, 0.2) is 5.13 Å². The number of ether oxygens (including phenoxy) is 1. The van der Waals surface area contributed by atoms with E-state index in [1.165, 1.54) is 0 Å².